The van der Waals surface area contributed by atoms with Crippen LogP contribution in [0.2, 0.25) is 0 Å². The SMILES string of the molecule is Cn1ccc2cc(CN=C=O)ccc21. The molecule has 3 heteroatoms. The quantitative estimate of drug-likeness (QED) is 0.522. The van der Waals surface area contributed by atoms with E-state index in [4.69, 9.17) is 0 Å². The van der Waals surface area contributed by atoms with Crippen molar-refractivity contribution in [3.8, 4) is 0 Å². The van der Waals surface area contributed by atoms with Crippen molar-refractivity contribution in [2.24, 2.45) is 12.0 Å². The zero-order valence-corrected chi connectivity index (χ0v) is 7.90. The monoisotopic (exact) mass is 186 g/mol. The maximum Gasteiger partial charge on any atom is 0.235 e. The molecule has 1 heterocycles. The van der Waals surface area contributed by atoms with Crippen molar-refractivity contribution in [2.75, 3.05) is 0 Å². The lowest BCUT2D eigenvalue weighted by molar-refractivity contribution is 0.563. The maximum absolute atomic E-state index is 9.95. The number of aryl methyl sites for hydroxylation is 1. The van der Waals surface area contributed by atoms with Crippen LogP contribution in [0.4, 0.5) is 0 Å². The van der Waals surface area contributed by atoms with E-state index >= 15 is 0 Å². The summed E-state index contributed by atoms with van der Waals surface area (Å²) in [5.41, 5.74) is 2.22. The number of carbonyl (C=O) groups excluding carboxylic acids is 1. The minimum Gasteiger partial charge on any atom is -0.351 e. The highest BCUT2D eigenvalue weighted by molar-refractivity contribution is 5.80. The van der Waals surface area contributed by atoms with E-state index in [9.17, 15) is 4.79 Å². The number of aromatic nitrogens is 1. The van der Waals surface area contributed by atoms with Crippen molar-refractivity contribution < 1.29 is 4.79 Å². The number of benzene rings is 1. The Bertz CT molecular complexity index is 507. The van der Waals surface area contributed by atoms with Gasteiger partial charge in [-0.3, -0.25) is 0 Å². The molecule has 0 aliphatic carbocycles. The lowest BCUT2D eigenvalue weighted by atomic mass is 10.1. The third kappa shape index (κ3) is 1.45. The van der Waals surface area contributed by atoms with Gasteiger partial charge >= 0.3 is 0 Å². The lowest BCUT2D eigenvalue weighted by Gasteiger charge is -1.98. The van der Waals surface area contributed by atoms with E-state index in [1.54, 1.807) is 0 Å². The molecule has 1 aromatic heterocycles. The highest BCUT2D eigenvalue weighted by atomic mass is 16.1. The van der Waals surface area contributed by atoms with Gasteiger partial charge < -0.3 is 4.57 Å². The van der Waals surface area contributed by atoms with Gasteiger partial charge in [0.05, 0.1) is 6.54 Å². The Kier molecular flexibility index (Phi) is 2.17. The Labute approximate surface area is 81.7 Å². The second-order valence-corrected chi connectivity index (χ2v) is 3.23. The molecule has 0 saturated heterocycles. The standard InChI is InChI=1S/C11H10N2O/c1-13-5-4-10-6-9(7-12-8-14)2-3-11(10)13/h2-6H,7H2,1H3. The van der Waals surface area contributed by atoms with Crippen LogP contribution in [-0.2, 0) is 18.4 Å². The molecule has 0 unspecified atom stereocenters. The van der Waals surface area contributed by atoms with E-state index < -0.39 is 0 Å². The summed E-state index contributed by atoms with van der Waals surface area (Å²) in [4.78, 5) is 13.5. The number of hydrogen-bond acceptors (Lipinski definition) is 2. The second-order valence-electron chi connectivity index (χ2n) is 3.23. The van der Waals surface area contributed by atoms with Crippen LogP contribution in [0.15, 0.2) is 35.5 Å². The minimum atomic E-state index is 0.411. The second kappa shape index (κ2) is 3.48. The molecule has 1 aromatic carbocycles. The third-order valence-electron chi connectivity index (χ3n) is 2.28. The van der Waals surface area contributed by atoms with Gasteiger partial charge in [0.2, 0.25) is 6.08 Å². The van der Waals surface area contributed by atoms with Crippen LogP contribution in [0.3, 0.4) is 0 Å². The Hall–Kier alpha value is -1.86. The summed E-state index contributed by atoms with van der Waals surface area (Å²) >= 11 is 0. The molecule has 2 aromatic rings. The predicted octanol–water partition coefficient (Wildman–Crippen LogP) is 2.01. The first-order valence-electron chi connectivity index (χ1n) is 4.39. The number of isocyanates is 1. The fraction of sp³-hybridized carbons (Fsp3) is 0.182. The van der Waals surface area contributed by atoms with Gasteiger partial charge in [-0.25, -0.2) is 9.79 Å². The first-order valence-corrected chi connectivity index (χ1v) is 4.39. The van der Waals surface area contributed by atoms with Crippen LogP contribution >= 0.6 is 0 Å². The largest absolute Gasteiger partial charge is 0.351 e. The molecule has 0 aliphatic rings. The number of nitrogens with zero attached hydrogens (tertiary/aromatic N) is 2. The molecule has 0 atom stereocenters. The summed E-state index contributed by atoms with van der Waals surface area (Å²) in [5, 5.41) is 1.17. The van der Waals surface area contributed by atoms with Gasteiger partial charge in [-0.2, -0.15) is 0 Å². The van der Waals surface area contributed by atoms with Crippen molar-refractivity contribution in [1.82, 2.24) is 4.57 Å². The summed E-state index contributed by atoms with van der Waals surface area (Å²) in [5.74, 6) is 0. The van der Waals surface area contributed by atoms with Gasteiger partial charge in [0, 0.05) is 18.8 Å². The highest BCUT2D eigenvalue weighted by Crippen LogP contribution is 2.16. The molecule has 0 fully saturated rings. The summed E-state index contributed by atoms with van der Waals surface area (Å²) in [7, 11) is 2.01. The van der Waals surface area contributed by atoms with E-state index in [1.165, 1.54) is 17.0 Å². The number of hydrogen-bond donors (Lipinski definition) is 0. The average Bonchev–Trinajstić information content (AvgIpc) is 2.57. The van der Waals surface area contributed by atoms with E-state index in [-0.39, 0.29) is 0 Å². The molecule has 0 radical (unpaired) electrons. The van der Waals surface area contributed by atoms with E-state index in [2.05, 4.69) is 9.56 Å². The topological polar surface area (TPSA) is 34.4 Å². The van der Waals surface area contributed by atoms with Gasteiger partial charge in [0.25, 0.3) is 0 Å². The van der Waals surface area contributed by atoms with Gasteiger partial charge in [-0.05, 0) is 29.1 Å². The molecule has 0 saturated carbocycles. The van der Waals surface area contributed by atoms with Crippen molar-refractivity contribution in [3.05, 3.63) is 36.0 Å². The van der Waals surface area contributed by atoms with Gasteiger partial charge in [-0.15, -0.1) is 0 Å². The van der Waals surface area contributed by atoms with Crippen LogP contribution in [0, 0.1) is 0 Å². The van der Waals surface area contributed by atoms with E-state index in [0.29, 0.717) is 6.54 Å². The Morgan fingerprint density at radius 1 is 1.43 bits per heavy atom. The first-order chi connectivity index (χ1) is 6.81. The van der Waals surface area contributed by atoms with Crippen LogP contribution < -0.4 is 0 Å². The molecule has 0 bridgehead atoms. The highest BCUT2D eigenvalue weighted by Gasteiger charge is 1.98. The third-order valence-corrected chi connectivity index (χ3v) is 2.28. The zero-order valence-electron chi connectivity index (χ0n) is 7.90. The van der Waals surface area contributed by atoms with Crippen molar-refractivity contribution in [2.45, 2.75) is 6.54 Å². The Balaban J connectivity index is 2.46. The fourth-order valence-electron chi connectivity index (χ4n) is 1.55. The fourth-order valence-corrected chi connectivity index (χ4v) is 1.55. The minimum absolute atomic E-state index is 0.411. The molecular weight excluding hydrogens is 176 g/mol. The predicted molar refractivity (Wildman–Crippen MR) is 54.7 cm³/mol. The molecular formula is C11H10N2O. The van der Waals surface area contributed by atoms with Crippen molar-refractivity contribution in [3.63, 3.8) is 0 Å². The van der Waals surface area contributed by atoms with E-state index in [1.807, 2.05) is 37.5 Å². The van der Waals surface area contributed by atoms with Crippen LogP contribution in [-0.4, -0.2) is 10.6 Å². The van der Waals surface area contributed by atoms with Crippen molar-refractivity contribution >= 4 is 17.0 Å². The van der Waals surface area contributed by atoms with Crippen LogP contribution in [0.5, 0.6) is 0 Å². The van der Waals surface area contributed by atoms with Crippen molar-refractivity contribution in [1.29, 1.82) is 0 Å². The number of fused-ring (bicyclic) bond motifs is 1. The summed E-state index contributed by atoms with van der Waals surface area (Å²) in [6.07, 6.45) is 3.55. The summed E-state index contributed by atoms with van der Waals surface area (Å²) < 4.78 is 2.06. The summed E-state index contributed by atoms with van der Waals surface area (Å²) in [6, 6.07) is 8.09. The maximum atomic E-state index is 9.95. The molecule has 0 amide bonds. The Morgan fingerprint density at radius 2 is 2.29 bits per heavy atom. The molecule has 2 rings (SSSR count). The first kappa shape index (κ1) is 8.73. The van der Waals surface area contributed by atoms with Gasteiger partial charge in [0.15, 0.2) is 0 Å². The van der Waals surface area contributed by atoms with E-state index in [0.717, 1.165) is 5.56 Å². The number of aliphatic imine (C=N–C) groups is 1. The molecule has 70 valence electrons. The molecule has 14 heavy (non-hydrogen) atoms. The van der Waals surface area contributed by atoms with Crippen LogP contribution in [0.25, 0.3) is 10.9 Å². The number of rotatable bonds is 2. The smallest absolute Gasteiger partial charge is 0.235 e. The van der Waals surface area contributed by atoms with Gasteiger partial charge in [0.1, 0.15) is 0 Å². The lowest BCUT2D eigenvalue weighted by Crippen LogP contribution is -1.85. The molecule has 0 spiro atoms. The van der Waals surface area contributed by atoms with Gasteiger partial charge in [-0.1, -0.05) is 6.07 Å². The normalized spacial score (nSPS) is 10.1. The summed E-state index contributed by atoms with van der Waals surface area (Å²) in [6.45, 7) is 0.411. The average molecular weight is 186 g/mol. The van der Waals surface area contributed by atoms with Crippen LogP contribution in [0.1, 0.15) is 5.56 Å². The zero-order chi connectivity index (χ0) is 9.97. The Morgan fingerprint density at radius 3 is 3.07 bits per heavy atom. The molecule has 3 nitrogen and oxygen atoms in total. The molecule has 0 aliphatic heterocycles. The molecule has 0 N–H and O–H groups in total.